The molecule has 1 unspecified atom stereocenters. The van der Waals surface area contributed by atoms with Crippen LogP contribution in [0.1, 0.15) is 264 Å². The molecule has 2 atom stereocenters. The molecule has 0 fully saturated rings. The first-order valence-corrected chi connectivity index (χ1v) is 28.4. The van der Waals surface area contributed by atoms with Crippen molar-refractivity contribution in [2.24, 2.45) is 0 Å². The van der Waals surface area contributed by atoms with Crippen LogP contribution in [-0.4, -0.2) is 70.0 Å². The maximum atomic E-state index is 12.8. The molecule has 374 valence electrons. The third-order valence-corrected chi connectivity index (χ3v) is 13.0. The topological polar surface area (TPSA) is 111 Å². The molecule has 10 heteroatoms. The van der Waals surface area contributed by atoms with Crippen LogP contribution in [-0.2, 0) is 32.7 Å². The molecular weight excluding hydrogens is 810 g/mol. The maximum absolute atomic E-state index is 12.8. The molecule has 0 aliphatic heterocycles. The number of esters is 2. The van der Waals surface area contributed by atoms with Gasteiger partial charge in [0, 0.05) is 12.8 Å². The van der Waals surface area contributed by atoms with E-state index in [2.05, 4.69) is 26.0 Å². The van der Waals surface area contributed by atoms with E-state index >= 15 is 0 Å². The lowest BCUT2D eigenvalue weighted by atomic mass is 10.0. The summed E-state index contributed by atoms with van der Waals surface area (Å²) in [6.07, 6.45) is 51.0. The van der Waals surface area contributed by atoms with Gasteiger partial charge in [-0.3, -0.25) is 14.2 Å². The Morgan fingerprint density at radius 1 is 0.476 bits per heavy atom. The SMILES string of the molecule is CCCCCCCC/C=C/CCCCCCCCCCCC(=O)OC[C@H](COP(=O)([O-])OCC[N+](C)(C)C)OC(=O)CCCCCCCCCCCCCCCCCCCCCC. The Labute approximate surface area is 390 Å². The van der Waals surface area contributed by atoms with Gasteiger partial charge in [0.05, 0.1) is 27.7 Å². The van der Waals surface area contributed by atoms with Crippen LogP contribution in [0.5, 0.6) is 0 Å². The Morgan fingerprint density at radius 2 is 0.810 bits per heavy atom. The van der Waals surface area contributed by atoms with Crippen LogP contribution in [0.25, 0.3) is 0 Å². The number of phosphoric acid groups is 1. The van der Waals surface area contributed by atoms with E-state index in [1.807, 2.05) is 21.1 Å². The number of carbonyl (C=O) groups excluding carboxylic acids is 2. The maximum Gasteiger partial charge on any atom is 0.306 e. The molecule has 0 aliphatic rings. The van der Waals surface area contributed by atoms with Crippen molar-refractivity contribution in [3.63, 3.8) is 0 Å². The van der Waals surface area contributed by atoms with Gasteiger partial charge in [-0.2, -0.15) is 0 Å². The second-order valence-corrected chi connectivity index (χ2v) is 21.0. The van der Waals surface area contributed by atoms with E-state index in [9.17, 15) is 19.0 Å². The predicted octanol–water partition coefficient (Wildman–Crippen LogP) is 15.5. The average molecular weight is 914 g/mol. The van der Waals surface area contributed by atoms with E-state index in [1.165, 1.54) is 199 Å². The number of unbranched alkanes of at least 4 members (excludes halogenated alkanes) is 34. The first kappa shape index (κ1) is 61.8. The lowest BCUT2D eigenvalue weighted by Gasteiger charge is -2.28. The number of ether oxygens (including phenoxy) is 2. The standard InChI is InChI=1S/C53H104NO8P/c1-6-8-10-12-14-16-18-20-22-24-26-28-30-32-34-36-38-40-42-44-46-53(56)62-51(50-61-63(57,58)60-48-47-54(3,4)5)49-59-52(55)45-43-41-39-37-35-33-31-29-27-25-23-21-19-17-15-13-11-9-7-2/h21,23,51H,6-20,22,24-50H2,1-5H3/b23-21+/t51-/m1/s1. The van der Waals surface area contributed by atoms with E-state index in [1.54, 1.807) is 0 Å². The Bertz CT molecular complexity index is 1080. The zero-order valence-corrected chi connectivity index (χ0v) is 43.2. The Balaban J connectivity index is 4.19. The fourth-order valence-electron chi connectivity index (χ4n) is 7.83. The van der Waals surface area contributed by atoms with Crippen LogP contribution in [0.15, 0.2) is 12.2 Å². The molecule has 0 N–H and O–H groups in total. The number of likely N-dealkylation sites (N-methyl/N-ethyl adjacent to an activating group) is 1. The van der Waals surface area contributed by atoms with Gasteiger partial charge in [0.15, 0.2) is 6.10 Å². The molecule has 0 saturated carbocycles. The first-order chi connectivity index (χ1) is 30.5. The third kappa shape index (κ3) is 50.0. The highest BCUT2D eigenvalue weighted by atomic mass is 31.2. The molecule has 0 spiro atoms. The monoisotopic (exact) mass is 914 g/mol. The van der Waals surface area contributed by atoms with Crippen molar-refractivity contribution in [1.29, 1.82) is 0 Å². The van der Waals surface area contributed by atoms with E-state index in [0.717, 1.165) is 32.1 Å². The van der Waals surface area contributed by atoms with Crippen LogP contribution in [0.3, 0.4) is 0 Å². The lowest BCUT2D eigenvalue weighted by Crippen LogP contribution is -2.37. The summed E-state index contributed by atoms with van der Waals surface area (Å²) in [6, 6.07) is 0. The fourth-order valence-corrected chi connectivity index (χ4v) is 8.56. The molecule has 63 heavy (non-hydrogen) atoms. The fraction of sp³-hybridized carbons (Fsp3) is 0.925. The molecule has 0 aromatic heterocycles. The highest BCUT2D eigenvalue weighted by molar-refractivity contribution is 7.45. The van der Waals surface area contributed by atoms with Gasteiger partial charge in [-0.1, -0.05) is 225 Å². The number of nitrogens with zero attached hydrogens (tertiary/aromatic N) is 1. The van der Waals surface area contributed by atoms with Gasteiger partial charge in [0.1, 0.15) is 19.8 Å². The van der Waals surface area contributed by atoms with Crippen molar-refractivity contribution in [3.05, 3.63) is 12.2 Å². The van der Waals surface area contributed by atoms with Gasteiger partial charge in [0.25, 0.3) is 7.82 Å². The van der Waals surface area contributed by atoms with Gasteiger partial charge in [-0.05, 0) is 38.5 Å². The average Bonchev–Trinajstić information content (AvgIpc) is 3.24. The molecular formula is C53H104NO8P. The summed E-state index contributed by atoms with van der Waals surface area (Å²) >= 11 is 0. The minimum Gasteiger partial charge on any atom is -0.756 e. The van der Waals surface area contributed by atoms with Crippen LogP contribution >= 0.6 is 7.82 Å². The van der Waals surface area contributed by atoms with Gasteiger partial charge < -0.3 is 27.9 Å². The third-order valence-electron chi connectivity index (χ3n) is 12.0. The summed E-state index contributed by atoms with van der Waals surface area (Å²) in [6.45, 7) is 4.28. The predicted molar refractivity (Wildman–Crippen MR) is 264 cm³/mol. The molecule has 0 rings (SSSR count). The van der Waals surface area contributed by atoms with E-state index in [4.69, 9.17) is 18.5 Å². The first-order valence-electron chi connectivity index (χ1n) is 26.9. The van der Waals surface area contributed by atoms with Crippen LogP contribution in [0, 0.1) is 0 Å². The van der Waals surface area contributed by atoms with Crippen molar-refractivity contribution in [2.45, 2.75) is 270 Å². The van der Waals surface area contributed by atoms with Gasteiger partial charge >= 0.3 is 11.9 Å². The molecule has 0 saturated heterocycles. The normalized spacial score (nSPS) is 13.4. The molecule has 0 aromatic rings. The minimum absolute atomic E-state index is 0.0274. The number of quaternary nitrogens is 1. The molecule has 0 aliphatic carbocycles. The minimum atomic E-state index is -4.63. The van der Waals surface area contributed by atoms with E-state index < -0.39 is 26.5 Å². The number of allylic oxidation sites excluding steroid dienone is 2. The number of carbonyl (C=O) groups is 2. The summed E-state index contributed by atoms with van der Waals surface area (Å²) in [4.78, 5) is 37.8. The molecule has 0 heterocycles. The molecule has 0 amide bonds. The Hall–Kier alpha value is -1.25. The highest BCUT2D eigenvalue weighted by Crippen LogP contribution is 2.38. The van der Waals surface area contributed by atoms with Crippen molar-refractivity contribution < 1.29 is 42.1 Å². The van der Waals surface area contributed by atoms with Crippen LogP contribution in [0.4, 0.5) is 0 Å². The van der Waals surface area contributed by atoms with Crippen LogP contribution in [0.2, 0.25) is 0 Å². The zero-order chi connectivity index (χ0) is 46.4. The second kappa shape index (κ2) is 45.9. The summed E-state index contributed by atoms with van der Waals surface area (Å²) in [7, 11) is 1.18. The van der Waals surface area contributed by atoms with Gasteiger partial charge in [-0.25, -0.2) is 0 Å². The van der Waals surface area contributed by atoms with E-state index in [0.29, 0.717) is 17.4 Å². The lowest BCUT2D eigenvalue weighted by molar-refractivity contribution is -0.870. The number of hydrogen-bond acceptors (Lipinski definition) is 8. The number of phosphoric ester groups is 1. The van der Waals surface area contributed by atoms with Crippen molar-refractivity contribution >= 4 is 19.8 Å². The summed E-state index contributed by atoms with van der Waals surface area (Å²) in [5.41, 5.74) is 0. The number of rotatable bonds is 50. The second-order valence-electron chi connectivity index (χ2n) is 19.6. The smallest absolute Gasteiger partial charge is 0.306 e. The largest absolute Gasteiger partial charge is 0.756 e. The van der Waals surface area contributed by atoms with Gasteiger partial charge in [0.2, 0.25) is 0 Å². The van der Waals surface area contributed by atoms with Gasteiger partial charge in [-0.15, -0.1) is 0 Å². The summed E-state index contributed by atoms with van der Waals surface area (Å²) in [5.74, 6) is -0.819. The Morgan fingerprint density at radius 3 is 1.17 bits per heavy atom. The summed E-state index contributed by atoms with van der Waals surface area (Å²) in [5, 5.41) is 0. The molecule has 0 aromatic carbocycles. The molecule has 0 bridgehead atoms. The Kier molecular flexibility index (Phi) is 45.0. The zero-order valence-electron chi connectivity index (χ0n) is 42.3. The summed E-state index contributed by atoms with van der Waals surface area (Å²) < 4.78 is 34.1. The molecule has 9 nitrogen and oxygen atoms in total. The van der Waals surface area contributed by atoms with Crippen molar-refractivity contribution in [2.75, 3.05) is 47.5 Å². The van der Waals surface area contributed by atoms with E-state index in [-0.39, 0.29) is 32.0 Å². The van der Waals surface area contributed by atoms with Crippen LogP contribution < -0.4 is 4.89 Å². The quantitative estimate of drug-likeness (QED) is 0.0195. The van der Waals surface area contributed by atoms with Crippen molar-refractivity contribution in [1.82, 2.24) is 0 Å². The highest BCUT2D eigenvalue weighted by Gasteiger charge is 2.21. The number of hydrogen-bond donors (Lipinski definition) is 0. The molecule has 0 radical (unpaired) electrons. The van der Waals surface area contributed by atoms with Crippen molar-refractivity contribution in [3.8, 4) is 0 Å².